The molecule has 5 nitrogen and oxygen atoms in total. The van der Waals surface area contributed by atoms with Crippen molar-refractivity contribution in [1.82, 2.24) is 14.8 Å². The standard InChI is InChI=1S/C19H17F4N3O2/c1-25-15-9-26(8-11-4-5-24-7-14(11)20)10-17(15)28-16-3-2-12(19(21,22)23)6-13(16)18(25)27/h2-7,15,17H,8-10H2,1H3. The van der Waals surface area contributed by atoms with E-state index in [0.29, 0.717) is 25.2 Å². The third kappa shape index (κ3) is 3.30. The van der Waals surface area contributed by atoms with Crippen molar-refractivity contribution in [3.63, 3.8) is 0 Å². The van der Waals surface area contributed by atoms with Crippen molar-refractivity contribution in [1.29, 1.82) is 0 Å². The molecule has 0 aliphatic carbocycles. The molecular formula is C19H17F4N3O2. The highest BCUT2D eigenvalue weighted by Crippen LogP contribution is 2.36. The number of carbonyl (C=O) groups excluding carboxylic acids is 1. The fourth-order valence-electron chi connectivity index (χ4n) is 3.70. The van der Waals surface area contributed by atoms with Crippen LogP contribution >= 0.6 is 0 Å². The fourth-order valence-corrected chi connectivity index (χ4v) is 3.70. The van der Waals surface area contributed by atoms with Gasteiger partial charge in [-0.3, -0.25) is 14.7 Å². The van der Waals surface area contributed by atoms with E-state index in [2.05, 4.69) is 4.98 Å². The second-order valence-corrected chi connectivity index (χ2v) is 7.01. The Hall–Kier alpha value is -2.68. The van der Waals surface area contributed by atoms with E-state index in [1.54, 1.807) is 13.1 Å². The highest BCUT2D eigenvalue weighted by molar-refractivity contribution is 5.97. The number of carbonyl (C=O) groups is 1. The van der Waals surface area contributed by atoms with Crippen LogP contribution < -0.4 is 4.74 Å². The van der Waals surface area contributed by atoms with E-state index in [-0.39, 0.29) is 17.4 Å². The van der Waals surface area contributed by atoms with Gasteiger partial charge in [0.05, 0.1) is 23.4 Å². The average Bonchev–Trinajstić information content (AvgIpc) is 3.00. The van der Waals surface area contributed by atoms with Crippen LogP contribution in [0.25, 0.3) is 0 Å². The van der Waals surface area contributed by atoms with Gasteiger partial charge in [-0.1, -0.05) is 0 Å². The van der Waals surface area contributed by atoms with Gasteiger partial charge >= 0.3 is 6.18 Å². The van der Waals surface area contributed by atoms with E-state index in [1.807, 2.05) is 4.90 Å². The van der Waals surface area contributed by atoms with Crippen molar-refractivity contribution >= 4 is 5.91 Å². The number of hydrogen-bond donors (Lipinski definition) is 0. The normalized spacial score (nSPS) is 22.5. The zero-order valence-electron chi connectivity index (χ0n) is 14.9. The first-order chi connectivity index (χ1) is 13.2. The van der Waals surface area contributed by atoms with Crippen LogP contribution in [0.5, 0.6) is 5.75 Å². The Labute approximate surface area is 158 Å². The second kappa shape index (κ2) is 6.73. The summed E-state index contributed by atoms with van der Waals surface area (Å²) >= 11 is 0. The van der Waals surface area contributed by atoms with Crippen LogP contribution in [0.1, 0.15) is 21.5 Å². The van der Waals surface area contributed by atoms with Crippen LogP contribution in [0.15, 0.2) is 36.7 Å². The van der Waals surface area contributed by atoms with E-state index in [1.165, 1.54) is 17.2 Å². The van der Waals surface area contributed by atoms with Crippen LogP contribution in [0.3, 0.4) is 0 Å². The van der Waals surface area contributed by atoms with Gasteiger partial charge in [0.15, 0.2) is 0 Å². The first kappa shape index (κ1) is 18.7. The Morgan fingerprint density at radius 3 is 2.75 bits per heavy atom. The Bertz CT molecular complexity index is 918. The molecule has 2 atom stereocenters. The number of likely N-dealkylation sites (tertiary alicyclic amines) is 1. The van der Waals surface area contributed by atoms with Crippen molar-refractivity contribution < 1.29 is 27.1 Å². The predicted octanol–water partition coefficient (Wildman–Crippen LogP) is 2.96. The van der Waals surface area contributed by atoms with Crippen molar-refractivity contribution in [2.75, 3.05) is 20.1 Å². The Morgan fingerprint density at radius 1 is 1.25 bits per heavy atom. The van der Waals surface area contributed by atoms with Gasteiger partial charge in [-0.15, -0.1) is 0 Å². The Morgan fingerprint density at radius 2 is 2.04 bits per heavy atom. The minimum Gasteiger partial charge on any atom is -0.486 e. The topological polar surface area (TPSA) is 45.7 Å². The zero-order valence-corrected chi connectivity index (χ0v) is 14.9. The molecular weight excluding hydrogens is 378 g/mol. The lowest BCUT2D eigenvalue weighted by molar-refractivity contribution is -0.137. The van der Waals surface area contributed by atoms with Crippen LogP contribution in [0, 0.1) is 5.82 Å². The highest BCUT2D eigenvalue weighted by atomic mass is 19.4. The van der Waals surface area contributed by atoms with Crippen LogP contribution in [0.2, 0.25) is 0 Å². The number of rotatable bonds is 2. The maximum Gasteiger partial charge on any atom is 0.416 e. The van der Waals surface area contributed by atoms with Gasteiger partial charge in [0.2, 0.25) is 0 Å². The minimum atomic E-state index is -4.54. The molecule has 1 amide bonds. The SMILES string of the molecule is CN1C(=O)c2cc(C(F)(F)F)ccc2OC2CN(Cc3ccncc3F)CC21. The van der Waals surface area contributed by atoms with E-state index >= 15 is 0 Å². The Kier molecular flexibility index (Phi) is 4.49. The molecule has 148 valence electrons. The van der Waals surface area contributed by atoms with Crippen molar-refractivity contribution in [3.8, 4) is 5.75 Å². The number of alkyl halides is 3. The number of amides is 1. The van der Waals surface area contributed by atoms with E-state index < -0.39 is 29.6 Å². The van der Waals surface area contributed by atoms with Crippen LogP contribution in [-0.4, -0.2) is 53.0 Å². The molecule has 1 fully saturated rings. The number of nitrogens with zero attached hydrogens (tertiary/aromatic N) is 3. The Balaban J connectivity index is 1.59. The first-order valence-electron chi connectivity index (χ1n) is 8.70. The predicted molar refractivity (Wildman–Crippen MR) is 91.2 cm³/mol. The molecule has 4 rings (SSSR count). The maximum absolute atomic E-state index is 13.9. The number of benzene rings is 1. The lowest BCUT2D eigenvalue weighted by Gasteiger charge is -2.25. The minimum absolute atomic E-state index is 0.0987. The molecule has 2 aliphatic heterocycles. The molecule has 0 bridgehead atoms. The van der Waals surface area contributed by atoms with Gasteiger partial charge in [-0.25, -0.2) is 4.39 Å². The zero-order chi connectivity index (χ0) is 20.1. The maximum atomic E-state index is 13.9. The monoisotopic (exact) mass is 395 g/mol. The largest absolute Gasteiger partial charge is 0.486 e. The lowest BCUT2D eigenvalue weighted by atomic mass is 10.1. The molecule has 1 aromatic carbocycles. The highest BCUT2D eigenvalue weighted by Gasteiger charge is 2.43. The number of hydrogen-bond acceptors (Lipinski definition) is 4. The summed E-state index contributed by atoms with van der Waals surface area (Å²) in [5, 5.41) is 0. The molecule has 0 spiro atoms. The van der Waals surface area contributed by atoms with Gasteiger partial charge in [-0.05, 0) is 24.3 Å². The number of fused-ring (bicyclic) bond motifs is 2. The third-order valence-electron chi connectivity index (χ3n) is 5.20. The molecule has 3 heterocycles. The molecule has 9 heteroatoms. The second-order valence-electron chi connectivity index (χ2n) is 7.01. The smallest absolute Gasteiger partial charge is 0.416 e. The van der Waals surface area contributed by atoms with Crippen LogP contribution in [-0.2, 0) is 12.7 Å². The summed E-state index contributed by atoms with van der Waals surface area (Å²) in [5.74, 6) is -0.801. The van der Waals surface area contributed by atoms with Gasteiger partial charge in [0, 0.05) is 38.4 Å². The summed E-state index contributed by atoms with van der Waals surface area (Å²) in [6, 6.07) is 4.18. The van der Waals surface area contributed by atoms with E-state index in [0.717, 1.165) is 18.3 Å². The van der Waals surface area contributed by atoms with E-state index in [9.17, 15) is 22.4 Å². The van der Waals surface area contributed by atoms with E-state index in [4.69, 9.17) is 4.74 Å². The summed E-state index contributed by atoms with van der Waals surface area (Å²) in [5.41, 5.74) is -0.507. The number of aromatic nitrogens is 1. The number of halogens is 4. The summed E-state index contributed by atoms with van der Waals surface area (Å²) in [4.78, 5) is 19.9. The van der Waals surface area contributed by atoms with Gasteiger partial charge in [0.25, 0.3) is 5.91 Å². The van der Waals surface area contributed by atoms with Gasteiger partial charge in [0.1, 0.15) is 17.7 Å². The summed E-state index contributed by atoms with van der Waals surface area (Å²) in [6.45, 7) is 1.17. The molecule has 2 unspecified atom stereocenters. The van der Waals surface area contributed by atoms with Crippen molar-refractivity contribution in [2.24, 2.45) is 0 Å². The van der Waals surface area contributed by atoms with Gasteiger partial charge in [-0.2, -0.15) is 13.2 Å². The average molecular weight is 395 g/mol. The molecule has 2 aromatic rings. The molecule has 2 aliphatic rings. The number of pyridine rings is 1. The summed E-state index contributed by atoms with van der Waals surface area (Å²) < 4.78 is 58.8. The number of ether oxygens (including phenoxy) is 1. The summed E-state index contributed by atoms with van der Waals surface area (Å²) in [6.07, 6.45) is -2.31. The van der Waals surface area contributed by atoms with Crippen LogP contribution in [0.4, 0.5) is 17.6 Å². The molecule has 0 saturated carbocycles. The molecule has 1 aromatic heterocycles. The lowest BCUT2D eigenvalue weighted by Crippen LogP contribution is -2.44. The van der Waals surface area contributed by atoms with Crippen molar-refractivity contribution in [2.45, 2.75) is 24.9 Å². The molecule has 0 N–H and O–H groups in total. The summed E-state index contributed by atoms with van der Waals surface area (Å²) in [7, 11) is 1.55. The fraction of sp³-hybridized carbons (Fsp3) is 0.368. The number of likely N-dealkylation sites (N-methyl/N-ethyl adjacent to an activating group) is 1. The quantitative estimate of drug-likeness (QED) is 0.734. The molecule has 0 radical (unpaired) electrons. The molecule has 28 heavy (non-hydrogen) atoms. The van der Waals surface area contributed by atoms with Gasteiger partial charge < -0.3 is 9.64 Å². The first-order valence-corrected chi connectivity index (χ1v) is 8.70. The van der Waals surface area contributed by atoms with Crippen molar-refractivity contribution in [3.05, 3.63) is 59.2 Å². The molecule has 1 saturated heterocycles. The third-order valence-corrected chi connectivity index (χ3v) is 5.20.